The van der Waals surface area contributed by atoms with Gasteiger partial charge in [0.15, 0.2) is 17.3 Å². The maximum absolute atomic E-state index is 16.9. The third-order valence-electron chi connectivity index (χ3n) is 10.3. The first-order chi connectivity index (χ1) is 27.8. The third-order valence-corrected chi connectivity index (χ3v) is 10.3. The highest BCUT2D eigenvalue weighted by Gasteiger charge is 2.22. The number of aromatic nitrogens is 6. The van der Waals surface area contributed by atoms with E-state index in [1.54, 1.807) is 24.5 Å². The van der Waals surface area contributed by atoms with Gasteiger partial charge in [-0.3, -0.25) is 9.13 Å². The fourth-order valence-corrected chi connectivity index (χ4v) is 7.46. The first kappa shape index (κ1) is 34.1. The van der Waals surface area contributed by atoms with E-state index in [2.05, 4.69) is 64.1 Å². The molecule has 0 saturated heterocycles. The summed E-state index contributed by atoms with van der Waals surface area (Å²) in [5.41, 5.74) is 5.13. The number of halogens is 1. The van der Waals surface area contributed by atoms with Gasteiger partial charge in [0.2, 0.25) is 5.82 Å². The second-order valence-corrected chi connectivity index (χ2v) is 15.0. The summed E-state index contributed by atoms with van der Waals surface area (Å²) >= 11 is 0. The van der Waals surface area contributed by atoms with Crippen molar-refractivity contribution >= 4 is 43.6 Å². The summed E-state index contributed by atoms with van der Waals surface area (Å²) in [6.07, 6.45) is 7.15. The predicted octanol–water partition coefficient (Wildman–Crippen LogP) is 12.1. The van der Waals surface area contributed by atoms with Crippen molar-refractivity contribution in [3.05, 3.63) is 170 Å². The van der Waals surface area contributed by atoms with Gasteiger partial charge in [0.25, 0.3) is 0 Å². The Bertz CT molecular complexity index is 2940. The lowest BCUT2D eigenvalue weighted by Crippen LogP contribution is -2.12. The monoisotopic (exact) mass is 746 g/mol. The molecule has 0 unspecified atom stereocenters. The van der Waals surface area contributed by atoms with Crippen molar-refractivity contribution in [2.45, 2.75) is 26.2 Å². The van der Waals surface area contributed by atoms with Crippen LogP contribution in [-0.2, 0) is 5.41 Å². The molecule has 0 atom stereocenters. The topological polar surface area (TPSA) is 79.9 Å². The van der Waals surface area contributed by atoms with Crippen molar-refractivity contribution in [2.75, 3.05) is 0 Å². The van der Waals surface area contributed by atoms with E-state index in [9.17, 15) is 0 Å². The first-order valence-corrected chi connectivity index (χ1v) is 18.7. The summed E-state index contributed by atoms with van der Waals surface area (Å²) < 4.78 is 34.0. The van der Waals surface area contributed by atoms with Crippen LogP contribution in [0.5, 0.6) is 23.0 Å². The minimum atomic E-state index is -0.666. The molecule has 5 aromatic heterocycles. The summed E-state index contributed by atoms with van der Waals surface area (Å²) in [5, 5.41) is 4.19. The van der Waals surface area contributed by atoms with Gasteiger partial charge in [0, 0.05) is 64.0 Å². The molecule has 0 fully saturated rings. The van der Waals surface area contributed by atoms with Crippen LogP contribution in [0.25, 0.3) is 66.6 Å². The van der Waals surface area contributed by atoms with E-state index in [0.717, 1.165) is 60.8 Å². The molecule has 5 heterocycles. The number of pyridine rings is 2. The number of benzene rings is 5. The van der Waals surface area contributed by atoms with E-state index in [0.29, 0.717) is 22.9 Å². The fourth-order valence-electron chi connectivity index (χ4n) is 7.46. The number of ether oxygens (including phenoxy) is 2. The van der Waals surface area contributed by atoms with E-state index in [4.69, 9.17) is 19.4 Å². The molecule has 0 N–H and O–H groups in total. The van der Waals surface area contributed by atoms with Crippen molar-refractivity contribution in [3.8, 4) is 46.0 Å². The molecule has 0 bridgehead atoms. The van der Waals surface area contributed by atoms with Crippen LogP contribution in [0.1, 0.15) is 26.3 Å². The Labute approximate surface area is 327 Å². The van der Waals surface area contributed by atoms with Crippen molar-refractivity contribution in [1.82, 2.24) is 29.1 Å². The molecule has 0 radical (unpaired) electrons. The number of para-hydroxylation sites is 2. The molecule has 0 aliphatic rings. The molecule has 0 aliphatic heterocycles. The zero-order chi connectivity index (χ0) is 38.7. The molecule has 276 valence electrons. The van der Waals surface area contributed by atoms with Crippen LogP contribution in [-0.4, -0.2) is 29.1 Å². The predicted molar refractivity (Wildman–Crippen MR) is 223 cm³/mol. The van der Waals surface area contributed by atoms with Crippen LogP contribution in [0.4, 0.5) is 4.39 Å². The van der Waals surface area contributed by atoms with E-state index >= 15 is 4.39 Å². The summed E-state index contributed by atoms with van der Waals surface area (Å²) in [4.78, 5) is 18.7. The molecule has 0 spiro atoms. The highest BCUT2D eigenvalue weighted by Crippen LogP contribution is 2.41. The second-order valence-electron chi connectivity index (χ2n) is 15.0. The zero-order valence-corrected chi connectivity index (χ0v) is 31.4. The highest BCUT2D eigenvalue weighted by molar-refractivity contribution is 6.10. The molecule has 9 heteroatoms. The van der Waals surface area contributed by atoms with Gasteiger partial charge < -0.3 is 9.47 Å². The minimum absolute atomic E-state index is 0.0328. The van der Waals surface area contributed by atoms with Crippen LogP contribution < -0.4 is 9.47 Å². The quantitative estimate of drug-likeness (QED) is 0.162. The molecule has 0 saturated carbocycles. The van der Waals surface area contributed by atoms with Crippen molar-refractivity contribution in [3.63, 3.8) is 0 Å². The van der Waals surface area contributed by atoms with E-state index in [1.165, 1.54) is 0 Å². The van der Waals surface area contributed by atoms with Crippen LogP contribution >= 0.6 is 0 Å². The fraction of sp³-hybridized carbons (Fsp3) is 0.0833. The smallest absolute Gasteiger partial charge is 0.208 e. The van der Waals surface area contributed by atoms with Crippen LogP contribution in [0.3, 0.4) is 0 Å². The molecule has 10 rings (SSSR count). The molecule has 0 aliphatic carbocycles. The Hall–Kier alpha value is -7.39. The lowest BCUT2D eigenvalue weighted by molar-refractivity contribution is 0.402. The molecular weight excluding hydrogens is 712 g/mol. The van der Waals surface area contributed by atoms with E-state index < -0.39 is 5.82 Å². The molecule has 5 aromatic carbocycles. The first-order valence-electron chi connectivity index (χ1n) is 18.7. The van der Waals surface area contributed by atoms with E-state index in [-0.39, 0.29) is 16.9 Å². The number of rotatable bonds is 7. The summed E-state index contributed by atoms with van der Waals surface area (Å²) in [7, 11) is 0. The summed E-state index contributed by atoms with van der Waals surface area (Å²) in [6, 6.07) is 42.7. The van der Waals surface area contributed by atoms with Gasteiger partial charge in [-0.1, -0.05) is 69.3 Å². The lowest BCUT2D eigenvalue weighted by Gasteiger charge is -2.18. The number of fused-ring (bicyclic) bond motifs is 6. The maximum atomic E-state index is 16.9. The average Bonchev–Trinajstić information content (AvgIpc) is 3.74. The van der Waals surface area contributed by atoms with Gasteiger partial charge in [-0.25, -0.2) is 19.9 Å². The number of nitrogens with zero attached hydrogens (tertiary/aromatic N) is 6. The Morgan fingerprint density at radius 3 is 1.40 bits per heavy atom. The number of hydrogen-bond acceptors (Lipinski definition) is 6. The number of hydrogen-bond donors (Lipinski definition) is 0. The minimum Gasteiger partial charge on any atom is -0.454 e. The molecule has 8 nitrogen and oxygen atoms in total. The van der Waals surface area contributed by atoms with Gasteiger partial charge in [-0.05, 0) is 83.8 Å². The zero-order valence-electron chi connectivity index (χ0n) is 31.4. The van der Waals surface area contributed by atoms with E-state index in [1.807, 2.05) is 109 Å². The van der Waals surface area contributed by atoms with Gasteiger partial charge in [0.05, 0.1) is 22.1 Å². The molecule has 10 aromatic rings. The summed E-state index contributed by atoms with van der Waals surface area (Å²) in [6.45, 7) is 6.32. The summed E-state index contributed by atoms with van der Waals surface area (Å²) in [5.74, 6) is 2.09. The van der Waals surface area contributed by atoms with Crippen molar-refractivity contribution in [1.29, 1.82) is 0 Å². The SMILES string of the molecule is CC(C)(C)c1cnc(-c2cc(Oc3ccc4c5ccccc5n(-c5ccccn5)c4c3)c(F)c(Oc3ccc4c5ccccc5n(-c5ccccn5)c4c3)c2)nc1. The maximum Gasteiger partial charge on any atom is 0.208 e. The average molecular weight is 747 g/mol. The van der Waals surface area contributed by atoms with Gasteiger partial charge in [0.1, 0.15) is 23.1 Å². The highest BCUT2D eigenvalue weighted by atomic mass is 19.1. The Morgan fingerprint density at radius 1 is 0.491 bits per heavy atom. The largest absolute Gasteiger partial charge is 0.454 e. The van der Waals surface area contributed by atoms with Crippen LogP contribution in [0, 0.1) is 5.82 Å². The second kappa shape index (κ2) is 13.4. The normalized spacial score (nSPS) is 11.9. The van der Waals surface area contributed by atoms with Crippen LogP contribution in [0.15, 0.2) is 158 Å². The van der Waals surface area contributed by atoms with Gasteiger partial charge in [-0.15, -0.1) is 0 Å². The van der Waals surface area contributed by atoms with Gasteiger partial charge >= 0.3 is 0 Å². The molecule has 57 heavy (non-hydrogen) atoms. The Balaban J connectivity index is 1.10. The Kier molecular flexibility index (Phi) is 8.03. The third kappa shape index (κ3) is 6.01. The van der Waals surface area contributed by atoms with Gasteiger partial charge in [-0.2, -0.15) is 4.39 Å². The van der Waals surface area contributed by atoms with Crippen molar-refractivity contribution < 1.29 is 13.9 Å². The lowest BCUT2D eigenvalue weighted by atomic mass is 9.89. The van der Waals surface area contributed by atoms with Crippen molar-refractivity contribution in [2.24, 2.45) is 0 Å². The standard InChI is InChI=1S/C48H35FN6O2/c1-48(2,3)31-28-52-47(53-29-31)30-24-42(56-32-18-20-36-34-12-4-6-14-38(34)54(40(36)26-32)44-16-8-10-22-50-44)46(49)43(25-30)57-33-19-21-37-35-13-5-7-15-39(35)55(41(37)27-33)45-17-9-11-23-51-45/h4-29H,1-3H3. The van der Waals surface area contributed by atoms with Crippen LogP contribution in [0.2, 0.25) is 0 Å². The molecule has 0 amide bonds. The molecular formula is C48H35FN6O2. The Morgan fingerprint density at radius 2 is 0.947 bits per heavy atom.